The summed E-state index contributed by atoms with van der Waals surface area (Å²) in [6, 6.07) is 5.16. The predicted molar refractivity (Wildman–Crippen MR) is 64.2 cm³/mol. The molecule has 5 heteroatoms. The highest BCUT2D eigenvalue weighted by Crippen LogP contribution is 2.33. The Morgan fingerprint density at radius 2 is 2.31 bits per heavy atom. The Hall–Kier alpha value is -1.10. The third-order valence-electron chi connectivity index (χ3n) is 2.21. The SMILES string of the molecule is COc1cc(Cl)ccc1C(O)c1cncs1. The molecule has 3 nitrogen and oxygen atoms in total. The molecule has 1 aromatic heterocycles. The van der Waals surface area contributed by atoms with Crippen molar-refractivity contribution in [3.05, 3.63) is 45.4 Å². The van der Waals surface area contributed by atoms with E-state index >= 15 is 0 Å². The molecule has 1 aromatic carbocycles. The number of aliphatic hydroxyl groups excluding tert-OH is 1. The molecule has 0 aliphatic heterocycles. The molecule has 0 saturated carbocycles. The molecule has 1 heterocycles. The molecule has 0 fully saturated rings. The van der Waals surface area contributed by atoms with Crippen LogP contribution in [0.5, 0.6) is 5.75 Å². The number of methoxy groups -OCH3 is 1. The van der Waals surface area contributed by atoms with Crippen LogP contribution in [0.15, 0.2) is 29.9 Å². The number of halogens is 1. The van der Waals surface area contributed by atoms with Gasteiger partial charge in [-0.2, -0.15) is 0 Å². The maximum Gasteiger partial charge on any atom is 0.126 e. The maximum absolute atomic E-state index is 10.1. The van der Waals surface area contributed by atoms with Crippen molar-refractivity contribution in [3.63, 3.8) is 0 Å². The van der Waals surface area contributed by atoms with Crippen LogP contribution in [0.25, 0.3) is 0 Å². The number of nitrogens with zero attached hydrogens (tertiary/aromatic N) is 1. The van der Waals surface area contributed by atoms with Gasteiger partial charge in [-0.1, -0.05) is 17.7 Å². The summed E-state index contributed by atoms with van der Waals surface area (Å²) in [5, 5.41) is 10.7. The van der Waals surface area contributed by atoms with Crippen LogP contribution in [0.3, 0.4) is 0 Å². The second-order valence-corrected chi connectivity index (χ2v) is 4.55. The second kappa shape index (κ2) is 4.82. The summed E-state index contributed by atoms with van der Waals surface area (Å²) in [6.07, 6.45) is 0.920. The lowest BCUT2D eigenvalue weighted by molar-refractivity contribution is 0.218. The van der Waals surface area contributed by atoms with Crippen LogP contribution < -0.4 is 4.74 Å². The van der Waals surface area contributed by atoms with Crippen molar-refractivity contribution in [1.29, 1.82) is 0 Å². The molecule has 84 valence electrons. The Bertz CT molecular complexity index is 473. The van der Waals surface area contributed by atoms with Gasteiger partial charge in [-0.05, 0) is 12.1 Å². The molecular weight excluding hydrogens is 246 g/mol. The Balaban J connectivity index is 2.40. The fourth-order valence-electron chi connectivity index (χ4n) is 1.42. The minimum Gasteiger partial charge on any atom is -0.496 e. The van der Waals surface area contributed by atoms with E-state index in [2.05, 4.69) is 4.98 Å². The molecule has 2 aromatic rings. The first-order valence-corrected chi connectivity index (χ1v) is 5.88. The molecule has 0 amide bonds. The molecule has 0 radical (unpaired) electrons. The molecule has 16 heavy (non-hydrogen) atoms. The predicted octanol–water partition coefficient (Wildman–Crippen LogP) is 2.89. The number of benzene rings is 1. The van der Waals surface area contributed by atoms with Crippen molar-refractivity contribution in [2.45, 2.75) is 6.10 Å². The zero-order chi connectivity index (χ0) is 11.5. The van der Waals surface area contributed by atoms with Gasteiger partial charge in [-0.15, -0.1) is 11.3 Å². The van der Waals surface area contributed by atoms with Crippen LogP contribution in [0, 0.1) is 0 Å². The Morgan fingerprint density at radius 3 is 2.94 bits per heavy atom. The summed E-state index contributed by atoms with van der Waals surface area (Å²) in [5.74, 6) is 0.577. The first-order chi connectivity index (χ1) is 7.72. The van der Waals surface area contributed by atoms with Crippen LogP contribution >= 0.6 is 22.9 Å². The van der Waals surface area contributed by atoms with E-state index < -0.39 is 6.10 Å². The van der Waals surface area contributed by atoms with Crippen LogP contribution in [0.2, 0.25) is 5.02 Å². The maximum atomic E-state index is 10.1. The number of aliphatic hydroxyl groups is 1. The Morgan fingerprint density at radius 1 is 1.50 bits per heavy atom. The lowest BCUT2D eigenvalue weighted by atomic mass is 10.1. The fourth-order valence-corrected chi connectivity index (χ4v) is 2.21. The van der Waals surface area contributed by atoms with E-state index in [9.17, 15) is 5.11 Å². The van der Waals surface area contributed by atoms with E-state index in [-0.39, 0.29) is 0 Å². The molecule has 0 saturated heterocycles. The second-order valence-electron chi connectivity index (χ2n) is 3.19. The van der Waals surface area contributed by atoms with Crippen molar-refractivity contribution >= 4 is 22.9 Å². The van der Waals surface area contributed by atoms with Gasteiger partial charge in [0.1, 0.15) is 11.9 Å². The Kier molecular flexibility index (Phi) is 3.43. The largest absolute Gasteiger partial charge is 0.496 e. The van der Waals surface area contributed by atoms with Gasteiger partial charge in [0.05, 0.1) is 17.5 Å². The molecule has 0 aliphatic carbocycles. The van der Waals surface area contributed by atoms with Gasteiger partial charge in [0.25, 0.3) is 0 Å². The van der Waals surface area contributed by atoms with E-state index in [0.717, 1.165) is 4.88 Å². The van der Waals surface area contributed by atoms with Crippen molar-refractivity contribution in [2.24, 2.45) is 0 Å². The normalized spacial score (nSPS) is 12.4. The van der Waals surface area contributed by atoms with Gasteiger partial charge >= 0.3 is 0 Å². The minimum atomic E-state index is -0.722. The van der Waals surface area contributed by atoms with E-state index in [0.29, 0.717) is 16.3 Å². The van der Waals surface area contributed by atoms with Gasteiger partial charge in [0.15, 0.2) is 0 Å². The highest BCUT2D eigenvalue weighted by Gasteiger charge is 2.16. The minimum absolute atomic E-state index is 0.577. The fraction of sp³-hybridized carbons (Fsp3) is 0.182. The van der Waals surface area contributed by atoms with E-state index in [1.165, 1.54) is 11.3 Å². The van der Waals surface area contributed by atoms with Crippen LogP contribution in [-0.4, -0.2) is 17.2 Å². The van der Waals surface area contributed by atoms with Crippen molar-refractivity contribution in [3.8, 4) is 5.75 Å². The van der Waals surface area contributed by atoms with Crippen molar-refractivity contribution in [2.75, 3.05) is 7.11 Å². The van der Waals surface area contributed by atoms with Crippen LogP contribution in [0.4, 0.5) is 0 Å². The third-order valence-corrected chi connectivity index (χ3v) is 3.27. The standard InChI is InChI=1S/C11H10ClNO2S/c1-15-9-4-7(12)2-3-8(9)11(14)10-5-13-6-16-10/h2-6,11,14H,1H3. The molecule has 2 rings (SSSR count). The molecule has 1 N–H and O–H groups in total. The highest BCUT2D eigenvalue weighted by molar-refractivity contribution is 7.09. The smallest absolute Gasteiger partial charge is 0.126 e. The lowest BCUT2D eigenvalue weighted by Crippen LogP contribution is -2.00. The molecule has 0 spiro atoms. The van der Waals surface area contributed by atoms with Gasteiger partial charge < -0.3 is 9.84 Å². The third kappa shape index (κ3) is 2.19. The topological polar surface area (TPSA) is 42.4 Å². The molecule has 1 unspecified atom stereocenters. The molecule has 0 aliphatic rings. The highest BCUT2D eigenvalue weighted by atomic mass is 35.5. The summed E-state index contributed by atoms with van der Waals surface area (Å²) in [5.41, 5.74) is 2.37. The first kappa shape index (κ1) is 11.4. The summed E-state index contributed by atoms with van der Waals surface area (Å²) >= 11 is 7.25. The van der Waals surface area contributed by atoms with Crippen LogP contribution in [0.1, 0.15) is 16.5 Å². The van der Waals surface area contributed by atoms with Crippen molar-refractivity contribution in [1.82, 2.24) is 4.98 Å². The number of hydrogen-bond donors (Lipinski definition) is 1. The zero-order valence-electron chi connectivity index (χ0n) is 8.55. The van der Waals surface area contributed by atoms with Gasteiger partial charge in [0.2, 0.25) is 0 Å². The van der Waals surface area contributed by atoms with Crippen molar-refractivity contribution < 1.29 is 9.84 Å². The summed E-state index contributed by atoms with van der Waals surface area (Å²) in [6.45, 7) is 0. The number of ether oxygens (including phenoxy) is 1. The van der Waals surface area contributed by atoms with Gasteiger partial charge in [0, 0.05) is 16.8 Å². The monoisotopic (exact) mass is 255 g/mol. The van der Waals surface area contributed by atoms with Gasteiger partial charge in [-0.3, -0.25) is 4.98 Å². The van der Waals surface area contributed by atoms with E-state index in [1.54, 1.807) is 37.0 Å². The average molecular weight is 256 g/mol. The number of hydrogen-bond acceptors (Lipinski definition) is 4. The molecular formula is C11H10ClNO2S. The van der Waals surface area contributed by atoms with Gasteiger partial charge in [-0.25, -0.2) is 0 Å². The first-order valence-electron chi connectivity index (χ1n) is 4.62. The average Bonchev–Trinajstić information content (AvgIpc) is 2.81. The summed E-state index contributed by atoms with van der Waals surface area (Å²) < 4.78 is 5.19. The summed E-state index contributed by atoms with van der Waals surface area (Å²) in [7, 11) is 1.55. The lowest BCUT2D eigenvalue weighted by Gasteiger charge is -2.13. The van der Waals surface area contributed by atoms with E-state index in [4.69, 9.17) is 16.3 Å². The quantitative estimate of drug-likeness (QED) is 0.917. The molecule has 0 bridgehead atoms. The molecule has 1 atom stereocenters. The Labute approximate surface area is 102 Å². The summed E-state index contributed by atoms with van der Waals surface area (Å²) in [4.78, 5) is 4.71. The number of thiazole rings is 1. The number of aromatic nitrogens is 1. The number of rotatable bonds is 3. The zero-order valence-corrected chi connectivity index (χ0v) is 10.1. The van der Waals surface area contributed by atoms with Crippen LogP contribution in [-0.2, 0) is 0 Å². The van der Waals surface area contributed by atoms with E-state index in [1.807, 2.05) is 0 Å².